The van der Waals surface area contributed by atoms with Crippen LogP contribution in [0.3, 0.4) is 0 Å². The predicted octanol–water partition coefficient (Wildman–Crippen LogP) is 4.40. The molecule has 0 aliphatic rings. The number of benzene rings is 2. The van der Waals surface area contributed by atoms with Gasteiger partial charge in [-0.15, -0.1) is 0 Å². The van der Waals surface area contributed by atoms with Gasteiger partial charge >= 0.3 is 0 Å². The van der Waals surface area contributed by atoms with E-state index < -0.39 is 0 Å². The topological polar surface area (TPSA) is 27.1 Å². The van der Waals surface area contributed by atoms with Gasteiger partial charge in [0.2, 0.25) is 0 Å². The molecule has 0 amide bonds. The molecular weight excluding hydrogens is 316 g/mol. The maximum atomic E-state index is 5.86. The fraction of sp³-hybridized carbons (Fsp3) is 0.188. The molecule has 0 saturated heterocycles. The molecule has 0 bridgehead atoms. The first-order valence-corrected chi connectivity index (χ1v) is 7.36. The average Bonchev–Trinajstić information content (AvgIpc) is 2.92. The summed E-state index contributed by atoms with van der Waals surface area (Å²) in [5, 5.41) is 2.38. The summed E-state index contributed by atoms with van der Waals surface area (Å²) in [5.74, 6) is 0.878. The summed E-state index contributed by atoms with van der Waals surface area (Å²) in [5.41, 5.74) is 1.09. The van der Waals surface area contributed by atoms with Crippen LogP contribution in [0.2, 0.25) is 0 Å². The van der Waals surface area contributed by atoms with E-state index in [9.17, 15) is 0 Å². The van der Waals surface area contributed by atoms with Gasteiger partial charge in [0.15, 0.2) is 0 Å². The lowest BCUT2D eigenvalue weighted by Crippen LogP contribution is -2.03. The summed E-state index contributed by atoms with van der Waals surface area (Å²) in [7, 11) is 0. The number of aryl methyl sites for hydroxylation is 1. The van der Waals surface area contributed by atoms with Crippen LogP contribution in [0.25, 0.3) is 10.8 Å². The summed E-state index contributed by atoms with van der Waals surface area (Å²) in [6.07, 6.45) is 3.68. The van der Waals surface area contributed by atoms with E-state index in [1.54, 1.807) is 0 Å². The van der Waals surface area contributed by atoms with Gasteiger partial charge in [0.1, 0.15) is 12.4 Å². The SMILES string of the molecule is CCn1cncc1COc1ccc2cc(Br)ccc2c1. The first kappa shape index (κ1) is 13.2. The van der Waals surface area contributed by atoms with Crippen LogP contribution in [-0.4, -0.2) is 9.55 Å². The van der Waals surface area contributed by atoms with Crippen LogP contribution in [0.1, 0.15) is 12.6 Å². The van der Waals surface area contributed by atoms with Crippen LogP contribution >= 0.6 is 15.9 Å². The highest BCUT2D eigenvalue weighted by atomic mass is 79.9. The second-order valence-corrected chi connectivity index (χ2v) is 5.53. The van der Waals surface area contributed by atoms with Crippen LogP contribution < -0.4 is 4.74 Å². The largest absolute Gasteiger partial charge is 0.487 e. The smallest absolute Gasteiger partial charge is 0.130 e. The van der Waals surface area contributed by atoms with E-state index in [1.165, 1.54) is 10.8 Å². The van der Waals surface area contributed by atoms with E-state index in [0.29, 0.717) is 6.61 Å². The van der Waals surface area contributed by atoms with Crippen molar-refractivity contribution < 1.29 is 4.74 Å². The zero-order valence-corrected chi connectivity index (χ0v) is 12.8. The lowest BCUT2D eigenvalue weighted by atomic mass is 10.1. The number of hydrogen-bond acceptors (Lipinski definition) is 2. The second-order valence-electron chi connectivity index (χ2n) is 4.61. The number of hydrogen-bond donors (Lipinski definition) is 0. The second kappa shape index (κ2) is 5.67. The fourth-order valence-corrected chi connectivity index (χ4v) is 2.57. The molecule has 0 unspecified atom stereocenters. The van der Waals surface area contributed by atoms with Crippen molar-refractivity contribution in [3.63, 3.8) is 0 Å². The van der Waals surface area contributed by atoms with Gasteiger partial charge in [0.25, 0.3) is 0 Å². The molecule has 0 fully saturated rings. The molecule has 4 heteroatoms. The van der Waals surface area contributed by atoms with Gasteiger partial charge in [-0.1, -0.05) is 28.1 Å². The van der Waals surface area contributed by atoms with Crippen molar-refractivity contribution in [1.82, 2.24) is 9.55 Å². The van der Waals surface area contributed by atoms with Crippen LogP contribution in [0, 0.1) is 0 Å². The van der Waals surface area contributed by atoms with Gasteiger partial charge in [-0.05, 0) is 42.0 Å². The number of imidazole rings is 1. The van der Waals surface area contributed by atoms with Crippen LogP contribution in [0.15, 0.2) is 53.4 Å². The lowest BCUT2D eigenvalue weighted by molar-refractivity contribution is 0.296. The number of ether oxygens (including phenoxy) is 1. The van der Waals surface area contributed by atoms with Crippen LogP contribution in [0.4, 0.5) is 0 Å². The summed E-state index contributed by atoms with van der Waals surface area (Å²) >= 11 is 3.48. The molecule has 0 aliphatic heterocycles. The molecular formula is C16H15BrN2O. The third-order valence-corrected chi connectivity index (χ3v) is 3.79. The van der Waals surface area contributed by atoms with Crippen molar-refractivity contribution in [2.24, 2.45) is 0 Å². The van der Waals surface area contributed by atoms with Gasteiger partial charge in [0, 0.05) is 11.0 Å². The minimum absolute atomic E-state index is 0.538. The van der Waals surface area contributed by atoms with E-state index in [1.807, 2.05) is 24.7 Å². The predicted molar refractivity (Wildman–Crippen MR) is 83.9 cm³/mol. The monoisotopic (exact) mass is 330 g/mol. The number of aromatic nitrogens is 2. The Bertz CT molecular complexity index is 736. The van der Waals surface area contributed by atoms with Crippen molar-refractivity contribution in [2.75, 3.05) is 0 Å². The number of nitrogens with zero attached hydrogens (tertiary/aromatic N) is 2. The maximum absolute atomic E-state index is 5.86. The molecule has 3 nitrogen and oxygen atoms in total. The molecule has 20 heavy (non-hydrogen) atoms. The van der Waals surface area contributed by atoms with Gasteiger partial charge in [-0.25, -0.2) is 4.98 Å². The zero-order chi connectivity index (χ0) is 13.9. The molecule has 0 radical (unpaired) electrons. The first-order chi connectivity index (χ1) is 9.76. The number of fused-ring (bicyclic) bond motifs is 1. The number of halogens is 1. The third kappa shape index (κ3) is 2.70. The van der Waals surface area contributed by atoms with E-state index in [4.69, 9.17) is 4.74 Å². The highest BCUT2D eigenvalue weighted by molar-refractivity contribution is 9.10. The maximum Gasteiger partial charge on any atom is 0.130 e. The zero-order valence-electron chi connectivity index (χ0n) is 11.2. The van der Waals surface area contributed by atoms with E-state index in [2.05, 4.69) is 56.7 Å². The van der Waals surface area contributed by atoms with E-state index in [-0.39, 0.29) is 0 Å². The Labute approximate surface area is 126 Å². The summed E-state index contributed by atoms with van der Waals surface area (Å²) in [4.78, 5) is 4.14. The Kier molecular flexibility index (Phi) is 3.74. The Hall–Kier alpha value is -1.81. The molecule has 0 N–H and O–H groups in total. The fourth-order valence-electron chi connectivity index (χ4n) is 2.19. The molecule has 0 atom stereocenters. The van der Waals surface area contributed by atoms with Crippen LogP contribution in [-0.2, 0) is 13.2 Å². The quantitative estimate of drug-likeness (QED) is 0.709. The lowest BCUT2D eigenvalue weighted by Gasteiger charge is -2.09. The van der Waals surface area contributed by atoms with Crippen molar-refractivity contribution in [2.45, 2.75) is 20.1 Å². The Morgan fingerprint density at radius 2 is 1.95 bits per heavy atom. The normalized spacial score (nSPS) is 10.9. The summed E-state index contributed by atoms with van der Waals surface area (Å²) in [6, 6.07) is 12.4. The molecule has 3 rings (SSSR count). The Balaban J connectivity index is 1.79. The summed E-state index contributed by atoms with van der Waals surface area (Å²) < 4.78 is 9.03. The van der Waals surface area contributed by atoms with Gasteiger partial charge in [-0.3, -0.25) is 0 Å². The van der Waals surface area contributed by atoms with Crippen molar-refractivity contribution >= 4 is 26.7 Å². The molecule has 0 aliphatic carbocycles. The molecule has 102 valence electrons. The summed E-state index contributed by atoms with van der Waals surface area (Å²) in [6.45, 7) is 3.54. The minimum Gasteiger partial charge on any atom is -0.487 e. The van der Waals surface area contributed by atoms with E-state index in [0.717, 1.165) is 22.5 Å². The highest BCUT2D eigenvalue weighted by Gasteiger charge is 2.03. The standard InChI is InChI=1S/C16H15BrN2O/c1-2-19-11-18-9-15(19)10-20-16-6-4-12-7-14(17)5-3-13(12)8-16/h3-9,11H,2,10H2,1H3. The molecule has 3 aromatic rings. The van der Waals surface area contributed by atoms with Crippen molar-refractivity contribution in [1.29, 1.82) is 0 Å². The van der Waals surface area contributed by atoms with Crippen molar-refractivity contribution in [3.05, 3.63) is 59.1 Å². The van der Waals surface area contributed by atoms with Crippen LogP contribution in [0.5, 0.6) is 5.75 Å². The third-order valence-electron chi connectivity index (χ3n) is 3.30. The van der Waals surface area contributed by atoms with Gasteiger partial charge < -0.3 is 9.30 Å². The number of rotatable bonds is 4. The van der Waals surface area contributed by atoms with E-state index >= 15 is 0 Å². The molecule has 1 heterocycles. The Morgan fingerprint density at radius 3 is 2.80 bits per heavy atom. The molecule has 2 aromatic carbocycles. The Morgan fingerprint density at radius 1 is 1.15 bits per heavy atom. The average molecular weight is 331 g/mol. The highest BCUT2D eigenvalue weighted by Crippen LogP contribution is 2.24. The van der Waals surface area contributed by atoms with Gasteiger partial charge in [-0.2, -0.15) is 0 Å². The molecule has 1 aromatic heterocycles. The molecule has 0 spiro atoms. The first-order valence-electron chi connectivity index (χ1n) is 6.57. The van der Waals surface area contributed by atoms with Crippen molar-refractivity contribution in [3.8, 4) is 5.75 Å². The van der Waals surface area contributed by atoms with Gasteiger partial charge in [0.05, 0.1) is 18.2 Å². The minimum atomic E-state index is 0.538. The molecule has 0 saturated carbocycles.